The number of para-hydroxylation sites is 1. The van der Waals surface area contributed by atoms with Crippen molar-refractivity contribution in [3.63, 3.8) is 0 Å². The summed E-state index contributed by atoms with van der Waals surface area (Å²) in [4.78, 5) is 17.8. The molecule has 0 saturated carbocycles. The molecular formula is C22H15BrN2O2. The molecule has 5 heteroatoms. The normalized spacial score (nSPS) is 11.3. The summed E-state index contributed by atoms with van der Waals surface area (Å²) < 4.78 is 2.54. The topological polar surface area (TPSA) is 55.1 Å². The predicted molar refractivity (Wildman–Crippen MR) is 112 cm³/mol. The molecule has 1 aromatic heterocycles. The number of halogens is 1. The fourth-order valence-corrected chi connectivity index (χ4v) is 3.12. The van der Waals surface area contributed by atoms with E-state index < -0.39 is 0 Å². The van der Waals surface area contributed by atoms with Gasteiger partial charge >= 0.3 is 0 Å². The number of aromatic hydroxyl groups is 1. The second-order valence-corrected chi connectivity index (χ2v) is 6.94. The summed E-state index contributed by atoms with van der Waals surface area (Å²) in [7, 11) is 0. The Morgan fingerprint density at radius 1 is 0.889 bits per heavy atom. The molecule has 3 aromatic carbocycles. The van der Waals surface area contributed by atoms with Crippen molar-refractivity contribution in [3.8, 4) is 11.4 Å². The minimum absolute atomic E-state index is 0.117. The van der Waals surface area contributed by atoms with E-state index in [1.54, 1.807) is 34.9 Å². The van der Waals surface area contributed by atoms with Gasteiger partial charge in [0.05, 0.1) is 16.6 Å². The molecule has 0 aliphatic rings. The minimum Gasteiger partial charge on any atom is -0.508 e. The zero-order valence-electron chi connectivity index (χ0n) is 14.2. The highest BCUT2D eigenvalue weighted by atomic mass is 79.9. The molecule has 0 aliphatic heterocycles. The Morgan fingerprint density at radius 3 is 2.33 bits per heavy atom. The van der Waals surface area contributed by atoms with Crippen LogP contribution in [0, 0.1) is 0 Å². The molecule has 0 bridgehead atoms. The maximum atomic E-state index is 13.1. The second-order valence-electron chi connectivity index (χ2n) is 6.03. The molecule has 0 aliphatic carbocycles. The van der Waals surface area contributed by atoms with Gasteiger partial charge in [-0.15, -0.1) is 0 Å². The van der Waals surface area contributed by atoms with Gasteiger partial charge in [0.15, 0.2) is 0 Å². The number of hydrogen-bond acceptors (Lipinski definition) is 3. The first-order valence-electron chi connectivity index (χ1n) is 8.37. The van der Waals surface area contributed by atoms with E-state index >= 15 is 0 Å². The maximum absolute atomic E-state index is 13.1. The van der Waals surface area contributed by atoms with Crippen LogP contribution in [0.1, 0.15) is 11.4 Å². The molecule has 1 heterocycles. The molecule has 0 saturated heterocycles. The van der Waals surface area contributed by atoms with Gasteiger partial charge in [-0.25, -0.2) is 4.98 Å². The van der Waals surface area contributed by atoms with Gasteiger partial charge in [0, 0.05) is 4.47 Å². The van der Waals surface area contributed by atoms with E-state index in [4.69, 9.17) is 0 Å². The highest BCUT2D eigenvalue weighted by Gasteiger charge is 2.10. The Hall–Kier alpha value is -3.18. The standard InChI is InChI=1S/C22H15BrN2O2/c23-16-8-10-17(11-9-16)25-21(14-7-15-5-12-18(26)13-6-15)24-20-4-2-1-3-19(20)22(25)27/h1-14,26H/b14-7+. The largest absolute Gasteiger partial charge is 0.508 e. The number of benzene rings is 3. The van der Waals surface area contributed by atoms with Crippen LogP contribution < -0.4 is 5.56 Å². The molecule has 4 rings (SSSR count). The molecule has 1 N–H and O–H groups in total. The average Bonchev–Trinajstić information content (AvgIpc) is 2.69. The smallest absolute Gasteiger partial charge is 0.266 e. The minimum atomic E-state index is -0.117. The fourth-order valence-electron chi connectivity index (χ4n) is 2.86. The monoisotopic (exact) mass is 418 g/mol. The summed E-state index contributed by atoms with van der Waals surface area (Å²) in [5.41, 5.74) is 2.18. The van der Waals surface area contributed by atoms with Gasteiger partial charge in [0.1, 0.15) is 11.6 Å². The van der Waals surface area contributed by atoms with E-state index in [1.165, 1.54) is 0 Å². The van der Waals surface area contributed by atoms with Crippen LogP contribution in [0.2, 0.25) is 0 Å². The highest BCUT2D eigenvalue weighted by Crippen LogP contribution is 2.18. The number of fused-ring (bicyclic) bond motifs is 1. The van der Waals surface area contributed by atoms with E-state index in [0.29, 0.717) is 16.7 Å². The van der Waals surface area contributed by atoms with Crippen molar-refractivity contribution in [3.05, 3.63) is 99.0 Å². The Kier molecular flexibility index (Phi) is 4.60. The molecule has 0 amide bonds. The first-order valence-corrected chi connectivity index (χ1v) is 9.16. The quantitative estimate of drug-likeness (QED) is 0.507. The lowest BCUT2D eigenvalue weighted by molar-refractivity contribution is 0.475. The van der Waals surface area contributed by atoms with Crippen molar-refractivity contribution in [2.45, 2.75) is 0 Å². The van der Waals surface area contributed by atoms with Gasteiger partial charge in [-0.1, -0.05) is 46.3 Å². The van der Waals surface area contributed by atoms with Gasteiger partial charge < -0.3 is 5.11 Å². The zero-order chi connectivity index (χ0) is 18.8. The Balaban J connectivity index is 1.92. The molecule has 27 heavy (non-hydrogen) atoms. The van der Waals surface area contributed by atoms with Gasteiger partial charge in [0.2, 0.25) is 0 Å². The first-order chi connectivity index (χ1) is 13.1. The second kappa shape index (κ2) is 7.21. The van der Waals surface area contributed by atoms with E-state index in [9.17, 15) is 9.90 Å². The summed E-state index contributed by atoms with van der Waals surface area (Å²) in [6.45, 7) is 0. The molecule has 4 aromatic rings. The summed E-state index contributed by atoms with van der Waals surface area (Å²) in [6.07, 6.45) is 3.67. The van der Waals surface area contributed by atoms with E-state index in [1.807, 2.05) is 54.6 Å². The third-order valence-electron chi connectivity index (χ3n) is 4.20. The lowest BCUT2D eigenvalue weighted by atomic mass is 10.2. The van der Waals surface area contributed by atoms with Crippen molar-refractivity contribution in [2.24, 2.45) is 0 Å². The van der Waals surface area contributed by atoms with Crippen LogP contribution in [0.25, 0.3) is 28.7 Å². The fraction of sp³-hybridized carbons (Fsp3) is 0. The SMILES string of the molecule is O=c1c2ccccc2nc(/C=C/c2ccc(O)cc2)n1-c1ccc(Br)cc1. The van der Waals surface area contributed by atoms with Crippen LogP contribution in [0.3, 0.4) is 0 Å². The lowest BCUT2D eigenvalue weighted by Crippen LogP contribution is -2.22. The van der Waals surface area contributed by atoms with Crippen molar-refractivity contribution >= 4 is 39.0 Å². The number of phenolic OH excluding ortho intramolecular Hbond substituents is 1. The Bertz CT molecular complexity index is 1190. The van der Waals surface area contributed by atoms with E-state index in [0.717, 1.165) is 15.7 Å². The summed E-state index contributed by atoms with van der Waals surface area (Å²) in [5, 5.41) is 10.00. The molecule has 0 fully saturated rings. The third-order valence-corrected chi connectivity index (χ3v) is 4.73. The van der Waals surface area contributed by atoms with Crippen LogP contribution in [0.15, 0.2) is 82.1 Å². The van der Waals surface area contributed by atoms with Crippen LogP contribution in [0.5, 0.6) is 5.75 Å². The average molecular weight is 419 g/mol. The van der Waals surface area contributed by atoms with Gasteiger partial charge in [-0.05, 0) is 60.2 Å². The molecule has 4 nitrogen and oxygen atoms in total. The molecule has 0 unspecified atom stereocenters. The molecular weight excluding hydrogens is 404 g/mol. The van der Waals surface area contributed by atoms with Crippen molar-refractivity contribution < 1.29 is 5.11 Å². The van der Waals surface area contributed by atoms with Gasteiger partial charge in [-0.2, -0.15) is 0 Å². The molecule has 0 radical (unpaired) electrons. The van der Waals surface area contributed by atoms with Gasteiger partial charge in [-0.3, -0.25) is 9.36 Å². The number of aromatic nitrogens is 2. The van der Waals surface area contributed by atoms with Crippen molar-refractivity contribution in [2.75, 3.05) is 0 Å². The number of hydrogen-bond donors (Lipinski definition) is 1. The summed E-state index contributed by atoms with van der Waals surface area (Å²) in [6, 6.07) is 21.7. The molecule has 0 spiro atoms. The predicted octanol–water partition coefficient (Wildman–Crippen LogP) is 5.02. The number of nitrogens with zero attached hydrogens (tertiary/aromatic N) is 2. The maximum Gasteiger partial charge on any atom is 0.266 e. The highest BCUT2D eigenvalue weighted by molar-refractivity contribution is 9.10. The summed E-state index contributed by atoms with van der Waals surface area (Å²) >= 11 is 3.42. The van der Waals surface area contributed by atoms with Crippen molar-refractivity contribution in [1.29, 1.82) is 0 Å². The van der Waals surface area contributed by atoms with Crippen LogP contribution in [-0.2, 0) is 0 Å². The number of rotatable bonds is 3. The van der Waals surface area contributed by atoms with Crippen LogP contribution >= 0.6 is 15.9 Å². The van der Waals surface area contributed by atoms with Gasteiger partial charge in [0.25, 0.3) is 5.56 Å². The van der Waals surface area contributed by atoms with E-state index in [2.05, 4.69) is 20.9 Å². The Morgan fingerprint density at radius 2 is 1.59 bits per heavy atom. The van der Waals surface area contributed by atoms with Crippen molar-refractivity contribution in [1.82, 2.24) is 9.55 Å². The molecule has 132 valence electrons. The first kappa shape index (κ1) is 17.2. The third kappa shape index (κ3) is 3.55. The molecule has 0 atom stereocenters. The zero-order valence-corrected chi connectivity index (χ0v) is 15.8. The Labute approximate surface area is 164 Å². The summed E-state index contributed by atoms with van der Waals surface area (Å²) in [5.74, 6) is 0.747. The van der Waals surface area contributed by atoms with E-state index in [-0.39, 0.29) is 11.3 Å². The lowest BCUT2D eigenvalue weighted by Gasteiger charge is -2.11. The van der Waals surface area contributed by atoms with Crippen LogP contribution in [0.4, 0.5) is 0 Å². The van der Waals surface area contributed by atoms with Crippen LogP contribution in [-0.4, -0.2) is 14.7 Å². The number of phenols is 1.